The molecular weight excluding hydrogens is 402 g/mol. The first-order valence-electron chi connectivity index (χ1n) is 9.44. The van der Waals surface area contributed by atoms with Crippen molar-refractivity contribution in [3.63, 3.8) is 0 Å². The molecule has 30 heavy (non-hydrogen) atoms. The minimum absolute atomic E-state index is 0.0161. The van der Waals surface area contributed by atoms with Crippen molar-refractivity contribution < 1.29 is 9.66 Å². The van der Waals surface area contributed by atoms with Crippen LogP contribution in [-0.4, -0.2) is 21.1 Å². The quantitative estimate of drug-likeness (QED) is 0.243. The molecule has 0 unspecified atom stereocenters. The number of hydrogen-bond acceptors (Lipinski definition) is 6. The van der Waals surface area contributed by atoms with Gasteiger partial charge in [-0.15, -0.1) is 11.3 Å². The number of ether oxygens (including phenoxy) is 1. The van der Waals surface area contributed by atoms with E-state index in [4.69, 9.17) is 4.74 Å². The summed E-state index contributed by atoms with van der Waals surface area (Å²) < 4.78 is 7.32. The van der Waals surface area contributed by atoms with Crippen LogP contribution in [0.3, 0.4) is 0 Å². The van der Waals surface area contributed by atoms with Gasteiger partial charge in [0.2, 0.25) is 0 Å². The Morgan fingerprint density at radius 1 is 1.13 bits per heavy atom. The highest BCUT2D eigenvalue weighted by Gasteiger charge is 2.14. The van der Waals surface area contributed by atoms with E-state index in [0.717, 1.165) is 16.9 Å². The van der Waals surface area contributed by atoms with Crippen LogP contribution in [0.15, 0.2) is 65.0 Å². The summed E-state index contributed by atoms with van der Waals surface area (Å²) in [5.41, 5.74) is 2.57. The van der Waals surface area contributed by atoms with E-state index in [2.05, 4.69) is 4.98 Å². The van der Waals surface area contributed by atoms with Gasteiger partial charge >= 0.3 is 0 Å². The van der Waals surface area contributed by atoms with E-state index in [1.54, 1.807) is 23.0 Å². The zero-order chi connectivity index (χ0) is 21.1. The lowest BCUT2D eigenvalue weighted by Crippen LogP contribution is -2.21. The van der Waals surface area contributed by atoms with Crippen molar-refractivity contribution in [1.82, 2.24) is 9.55 Å². The molecule has 4 aromatic rings. The van der Waals surface area contributed by atoms with Crippen LogP contribution >= 0.6 is 11.3 Å². The average molecular weight is 421 g/mol. The third kappa shape index (κ3) is 4.08. The summed E-state index contributed by atoms with van der Waals surface area (Å²) in [6.07, 6.45) is 2.23. The Bertz CT molecular complexity index is 1240. The van der Waals surface area contributed by atoms with Crippen LogP contribution in [0.5, 0.6) is 5.75 Å². The van der Waals surface area contributed by atoms with E-state index in [0.29, 0.717) is 29.8 Å². The van der Waals surface area contributed by atoms with Crippen LogP contribution in [-0.2, 0) is 6.54 Å². The average Bonchev–Trinajstić information content (AvgIpc) is 3.19. The summed E-state index contributed by atoms with van der Waals surface area (Å²) in [5, 5.41) is 13.3. The molecule has 0 atom stereocenters. The molecule has 4 rings (SSSR count). The predicted octanol–water partition coefficient (Wildman–Crippen LogP) is 4.81. The van der Waals surface area contributed by atoms with E-state index < -0.39 is 4.92 Å². The highest BCUT2D eigenvalue weighted by Crippen LogP contribution is 2.31. The lowest BCUT2D eigenvalue weighted by molar-refractivity contribution is -0.384. The molecule has 8 heteroatoms. The molecule has 0 saturated carbocycles. The molecular formula is C22H19N3O4S. The highest BCUT2D eigenvalue weighted by molar-refractivity contribution is 7.17. The number of rotatable bonds is 7. The third-order valence-electron chi connectivity index (χ3n) is 4.78. The van der Waals surface area contributed by atoms with Gasteiger partial charge in [0.1, 0.15) is 10.6 Å². The normalized spacial score (nSPS) is 11.0. The zero-order valence-electron chi connectivity index (χ0n) is 16.3. The van der Waals surface area contributed by atoms with Crippen molar-refractivity contribution in [1.29, 1.82) is 0 Å². The number of nitro groups is 1. The first kappa shape index (κ1) is 19.8. The van der Waals surface area contributed by atoms with Crippen LogP contribution in [0.2, 0.25) is 0 Å². The number of nitrogens with zero attached hydrogens (tertiary/aromatic N) is 3. The van der Waals surface area contributed by atoms with Crippen molar-refractivity contribution in [2.45, 2.75) is 19.9 Å². The monoisotopic (exact) mass is 421 g/mol. The van der Waals surface area contributed by atoms with Crippen molar-refractivity contribution in [2.75, 3.05) is 6.61 Å². The largest absolute Gasteiger partial charge is 0.494 e. The van der Waals surface area contributed by atoms with Gasteiger partial charge in [-0.1, -0.05) is 17.7 Å². The molecule has 0 N–H and O–H groups in total. The van der Waals surface area contributed by atoms with Gasteiger partial charge in [-0.3, -0.25) is 19.5 Å². The standard InChI is InChI=1S/C22H19N3O4S/c1-15-3-9-18(10-4-15)29-12-2-11-24-14-23-21-20(22(24)26)19(13-30-21)16-5-7-17(8-6-16)25(27)28/h3-10,13-14H,2,11-12H2,1H3. The lowest BCUT2D eigenvalue weighted by atomic mass is 10.1. The molecule has 2 aromatic heterocycles. The van der Waals surface area contributed by atoms with Gasteiger partial charge in [-0.25, -0.2) is 4.98 Å². The van der Waals surface area contributed by atoms with Crippen molar-refractivity contribution >= 4 is 27.2 Å². The van der Waals surface area contributed by atoms with Crippen molar-refractivity contribution in [3.05, 3.63) is 86.3 Å². The second-order valence-electron chi connectivity index (χ2n) is 6.89. The smallest absolute Gasteiger partial charge is 0.269 e. The van der Waals surface area contributed by atoms with Crippen molar-refractivity contribution in [3.8, 4) is 16.9 Å². The number of non-ortho nitro benzene ring substituents is 1. The minimum atomic E-state index is -0.442. The summed E-state index contributed by atoms with van der Waals surface area (Å²) in [6.45, 7) is 3.00. The predicted molar refractivity (Wildman–Crippen MR) is 117 cm³/mol. The molecule has 0 aliphatic rings. The summed E-state index contributed by atoms with van der Waals surface area (Å²) in [7, 11) is 0. The molecule has 0 aliphatic heterocycles. The first-order chi connectivity index (χ1) is 14.5. The summed E-state index contributed by atoms with van der Waals surface area (Å²) >= 11 is 1.39. The second kappa shape index (κ2) is 8.46. The molecule has 0 bridgehead atoms. The highest BCUT2D eigenvalue weighted by atomic mass is 32.1. The van der Waals surface area contributed by atoms with Gasteiger partial charge in [0.05, 0.1) is 23.2 Å². The molecule has 0 spiro atoms. The molecule has 7 nitrogen and oxygen atoms in total. The summed E-state index contributed by atoms with van der Waals surface area (Å²) in [4.78, 5) is 28.5. The molecule has 2 heterocycles. The van der Waals surface area contributed by atoms with E-state index in [1.807, 2.05) is 36.6 Å². The van der Waals surface area contributed by atoms with Gasteiger partial charge in [0, 0.05) is 29.6 Å². The molecule has 0 fully saturated rings. The fourth-order valence-corrected chi connectivity index (χ4v) is 4.07. The van der Waals surface area contributed by atoms with E-state index in [1.165, 1.54) is 29.0 Å². The Kier molecular flexibility index (Phi) is 5.58. The maximum atomic E-state index is 13.0. The Morgan fingerprint density at radius 3 is 2.57 bits per heavy atom. The fourth-order valence-electron chi connectivity index (χ4n) is 3.16. The van der Waals surface area contributed by atoms with E-state index in [-0.39, 0.29) is 11.2 Å². The summed E-state index contributed by atoms with van der Waals surface area (Å²) in [6, 6.07) is 14.0. The minimum Gasteiger partial charge on any atom is -0.494 e. The Morgan fingerprint density at radius 2 is 1.87 bits per heavy atom. The third-order valence-corrected chi connectivity index (χ3v) is 5.67. The topological polar surface area (TPSA) is 87.3 Å². The lowest BCUT2D eigenvalue weighted by Gasteiger charge is -2.08. The molecule has 152 valence electrons. The first-order valence-corrected chi connectivity index (χ1v) is 10.3. The molecule has 0 aliphatic carbocycles. The van der Waals surface area contributed by atoms with Gasteiger partial charge in [0.15, 0.2) is 0 Å². The number of aryl methyl sites for hydroxylation is 2. The zero-order valence-corrected chi connectivity index (χ0v) is 17.1. The number of nitro benzene ring substituents is 1. The van der Waals surface area contributed by atoms with Gasteiger partial charge in [0.25, 0.3) is 11.2 Å². The van der Waals surface area contributed by atoms with Crippen LogP contribution in [0, 0.1) is 17.0 Å². The van der Waals surface area contributed by atoms with E-state index in [9.17, 15) is 14.9 Å². The number of aromatic nitrogens is 2. The van der Waals surface area contributed by atoms with Gasteiger partial charge in [-0.2, -0.15) is 0 Å². The summed E-state index contributed by atoms with van der Waals surface area (Å²) in [5.74, 6) is 0.805. The molecule has 0 saturated heterocycles. The van der Waals surface area contributed by atoms with Gasteiger partial charge in [-0.05, 0) is 43.2 Å². The maximum Gasteiger partial charge on any atom is 0.269 e. The van der Waals surface area contributed by atoms with E-state index >= 15 is 0 Å². The Balaban J connectivity index is 1.51. The Hall–Kier alpha value is -3.52. The molecule has 0 amide bonds. The second-order valence-corrected chi connectivity index (χ2v) is 7.75. The number of hydrogen-bond donors (Lipinski definition) is 0. The molecule has 2 aromatic carbocycles. The number of benzene rings is 2. The molecule has 0 radical (unpaired) electrons. The van der Waals surface area contributed by atoms with Crippen LogP contribution in [0.4, 0.5) is 5.69 Å². The maximum absolute atomic E-state index is 13.0. The number of thiophene rings is 1. The SMILES string of the molecule is Cc1ccc(OCCCn2cnc3scc(-c4ccc([N+](=O)[O-])cc4)c3c2=O)cc1. The van der Waals surface area contributed by atoms with Crippen LogP contribution in [0.1, 0.15) is 12.0 Å². The fraction of sp³-hybridized carbons (Fsp3) is 0.182. The number of fused-ring (bicyclic) bond motifs is 1. The van der Waals surface area contributed by atoms with Crippen LogP contribution in [0.25, 0.3) is 21.3 Å². The van der Waals surface area contributed by atoms with Crippen molar-refractivity contribution in [2.24, 2.45) is 0 Å². The van der Waals surface area contributed by atoms with Gasteiger partial charge < -0.3 is 4.74 Å². The van der Waals surface area contributed by atoms with Crippen LogP contribution < -0.4 is 10.3 Å². The Labute approximate surface area is 176 Å².